The molecule has 0 fully saturated rings. The van der Waals surface area contributed by atoms with Crippen molar-refractivity contribution in [3.05, 3.63) is 46.4 Å². The maximum atomic E-state index is 5.91. The molecule has 0 bridgehead atoms. The highest BCUT2D eigenvalue weighted by molar-refractivity contribution is 7.98. The van der Waals surface area contributed by atoms with Gasteiger partial charge >= 0.3 is 0 Å². The second-order valence-electron chi connectivity index (χ2n) is 4.19. The van der Waals surface area contributed by atoms with E-state index in [9.17, 15) is 0 Å². The summed E-state index contributed by atoms with van der Waals surface area (Å²) in [4.78, 5) is 10.0. The van der Waals surface area contributed by atoms with Crippen molar-refractivity contribution in [3.8, 4) is 0 Å². The number of rotatable bonds is 4. The van der Waals surface area contributed by atoms with Gasteiger partial charge in [0.05, 0.1) is 5.75 Å². The summed E-state index contributed by atoms with van der Waals surface area (Å²) in [5, 5.41) is 0.744. The van der Waals surface area contributed by atoms with Gasteiger partial charge in [0.2, 0.25) is 0 Å². The standard InChI is InChI=1S/C14H16ClN3S/c1-3-12-9(2)14(16)18-13(17-12)8-19-11-6-4-10(15)5-7-11/h4-7H,3,8H2,1-2H3,(H2,16,17,18). The molecule has 2 aromatic rings. The van der Waals surface area contributed by atoms with Crippen molar-refractivity contribution in [2.45, 2.75) is 30.9 Å². The van der Waals surface area contributed by atoms with E-state index in [-0.39, 0.29) is 0 Å². The lowest BCUT2D eigenvalue weighted by Crippen LogP contribution is -2.05. The van der Waals surface area contributed by atoms with Crippen molar-refractivity contribution in [1.29, 1.82) is 0 Å². The fourth-order valence-electron chi connectivity index (χ4n) is 1.72. The summed E-state index contributed by atoms with van der Waals surface area (Å²) in [5.41, 5.74) is 7.92. The normalized spacial score (nSPS) is 10.7. The molecule has 0 amide bonds. The lowest BCUT2D eigenvalue weighted by atomic mass is 10.2. The molecule has 5 heteroatoms. The zero-order valence-electron chi connectivity index (χ0n) is 11.0. The quantitative estimate of drug-likeness (QED) is 0.869. The largest absolute Gasteiger partial charge is 0.383 e. The molecule has 0 aliphatic heterocycles. The molecule has 0 saturated carbocycles. The Labute approximate surface area is 122 Å². The maximum Gasteiger partial charge on any atom is 0.141 e. The van der Waals surface area contributed by atoms with Crippen molar-refractivity contribution in [2.75, 3.05) is 5.73 Å². The number of halogens is 1. The van der Waals surface area contributed by atoms with Gasteiger partial charge in [-0.05, 0) is 37.6 Å². The van der Waals surface area contributed by atoms with Crippen LogP contribution >= 0.6 is 23.4 Å². The number of hydrogen-bond acceptors (Lipinski definition) is 4. The maximum absolute atomic E-state index is 5.91. The molecule has 0 atom stereocenters. The van der Waals surface area contributed by atoms with Crippen LogP contribution in [0.25, 0.3) is 0 Å². The molecule has 2 rings (SSSR count). The van der Waals surface area contributed by atoms with E-state index in [0.29, 0.717) is 11.6 Å². The number of aromatic nitrogens is 2. The molecule has 1 aromatic carbocycles. The van der Waals surface area contributed by atoms with Crippen molar-refractivity contribution < 1.29 is 0 Å². The Kier molecular flexibility index (Phi) is 4.66. The molecule has 0 aliphatic rings. The first kappa shape index (κ1) is 14.2. The Morgan fingerprint density at radius 3 is 2.53 bits per heavy atom. The SMILES string of the molecule is CCc1nc(CSc2ccc(Cl)cc2)nc(N)c1C. The van der Waals surface area contributed by atoms with Crippen LogP contribution in [0.3, 0.4) is 0 Å². The van der Waals surface area contributed by atoms with Crippen LogP contribution in [-0.2, 0) is 12.2 Å². The van der Waals surface area contributed by atoms with Gasteiger partial charge in [0, 0.05) is 21.2 Å². The molecular formula is C14H16ClN3S. The van der Waals surface area contributed by atoms with E-state index in [2.05, 4.69) is 16.9 Å². The van der Waals surface area contributed by atoms with E-state index in [1.54, 1.807) is 11.8 Å². The van der Waals surface area contributed by atoms with E-state index in [1.165, 1.54) is 0 Å². The molecule has 2 N–H and O–H groups in total. The predicted molar refractivity (Wildman–Crippen MR) is 81.6 cm³/mol. The van der Waals surface area contributed by atoms with Crippen LogP contribution in [0.1, 0.15) is 24.0 Å². The van der Waals surface area contributed by atoms with Crippen LogP contribution in [-0.4, -0.2) is 9.97 Å². The third-order valence-electron chi connectivity index (χ3n) is 2.85. The second-order valence-corrected chi connectivity index (χ2v) is 5.68. The van der Waals surface area contributed by atoms with Gasteiger partial charge in [-0.1, -0.05) is 18.5 Å². The van der Waals surface area contributed by atoms with Gasteiger partial charge < -0.3 is 5.73 Å². The van der Waals surface area contributed by atoms with Crippen LogP contribution in [0.2, 0.25) is 5.02 Å². The van der Waals surface area contributed by atoms with Crippen molar-refractivity contribution >= 4 is 29.2 Å². The number of nitrogen functional groups attached to an aromatic ring is 1. The van der Waals surface area contributed by atoms with E-state index in [4.69, 9.17) is 17.3 Å². The number of nitrogens with two attached hydrogens (primary N) is 1. The minimum absolute atomic E-state index is 0.582. The molecule has 100 valence electrons. The fourth-order valence-corrected chi connectivity index (χ4v) is 2.60. The Hall–Kier alpha value is -1.26. The number of aryl methyl sites for hydroxylation is 1. The van der Waals surface area contributed by atoms with Crippen LogP contribution < -0.4 is 5.73 Å². The van der Waals surface area contributed by atoms with Crippen LogP contribution in [0.5, 0.6) is 0 Å². The molecule has 0 radical (unpaired) electrons. The first-order valence-corrected chi connectivity index (χ1v) is 7.46. The van der Waals surface area contributed by atoms with Crippen LogP contribution in [0.4, 0.5) is 5.82 Å². The Morgan fingerprint density at radius 2 is 1.89 bits per heavy atom. The number of nitrogens with zero attached hydrogens (tertiary/aromatic N) is 2. The van der Waals surface area contributed by atoms with E-state index < -0.39 is 0 Å². The highest BCUT2D eigenvalue weighted by Crippen LogP contribution is 2.24. The fraction of sp³-hybridized carbons (Fsp3) is 0.286. The first-order chi connectivity index (χ1) is 9.10. The van der Waals surface area contributed by atoms with E-state index >= 15 is 0 Å². The number of benzene rings is 1. The van der Waals surface area contributed by atoms with Gasteiger partial charge in [-0.3, -0.25) is 0 Å². The van der Waals surface area contributed by atoms with Gasteiger partial charge in [0.15, 0.2) is 0 Å². The minimum atomic E-state index is 0.582. The average Bonchev–Trinajstić information content (AvgIpc) is 2.41. The Morgan fingerprint density at radius 1 is 1.21 bits per heavy atom. The second kappa shape index (κ2) is 6.26. The summed E-state index contributed by atoms with van der Waals surface area (Å²) in [6.45, 7) is 4.04. The third kappa shape index (κ3) is 3.61. The molecule has 19 heavy (non-hydrogen) atoms. The van der Waals surface area contributed by atoms with E-state index in [1.807, 2.05) is 31.2 Å². The summed E-state index contributed by atoms with van der Waals surface area (Å²) >= 11 is 7.53. The lowest BCUT2D eigenvalue weighted by molar-refractivity contribution is 0.924. The number of thioether (sulfide) groups is 1. The Bertz CT molecular complexity index is 570. The highest BCUT2D eigenvalue weighted by atomic mass is 35.5. The smallest absolute Gasteiger partial charge is 0.141 e. The molecule has 0 aliphatic carbocycles. The topological polar surface area (TPSA) is 51.8 Å². The van der Waals surface area contributed by atoms with Gasteiger partial charge in [0.1, 0.15) is 11.6 Å². The first-order valence-electron chi connectivity index (χ1n) is 6.10. The summed E-state index contributed by atoms with van der Waals surface area (Å²) in [6, 6.07) is 7.74. The third-order valence-corrected chi connectivity index (χ3v) is 4.11. The van der Waals surface area contributed by atoms with Gasteiger partial charge in [-0.2, -0.15) is 0 Å². The van der Waals surface area contributed by atoms with E-state index in [0.717, 1.165) is 33.4 Å². The van der Waals surface area contributed by atoms with Crippen LogP contribution in [0.15, 0.2) is 29.2 Å². The van der Waals surface area contributed by atoms with Crippen molar-refractivity contribution in [3.63, 3.8) is 0 Å². The van der Waals surface area contributed by atoms with Crippen LogP contribution in [0, 0.1) is 6.92 Å². The Balaban J connectivity index is 2.11. The molecule has 1 aromatic heterocycles. The summed E-state index contributed by atoms with van der Waals surface area (Å²) in [7, 11) is 0. The predicted octanol–water partition coefficient (Wildman–Crippen LogP) is 3.88. The summed E-state index contributed by atoms with van der Waals surface area (Å²) < 4.78 is 0. The molecular weight excluding hydrogens is 278 g/mol. The summed E-state index contributed by atoms with van der Waals surface area (Å²) in [5.74, 6) is 2.07. The zero-order chi connectivity index (χ0) is 13.8. The lowest BCUT2D eigenvalue weighted by Gasteiger charge is -2.08. The summed E-state index contributed by atoms with van der Waals surface area (Å²) in [6.07, 6.45) is 0.872. The van der Waals surface area contributed by atoms with Crippen molar-refractivity contribution in [2.24, 2.45) is 0 Å². The molecule has 0 saturated heterocycles. The molecule has 3 nitrogen and oxygen atoms in total. The molecule has 0 spiro atoms. The van der Waals surface area contributed by atoms with Crippen molar-refractivity contribution in [1.82, 2.24) is 9.97 Å². The minimum Gasteiger partial charge on any atom is -0.383 e. The average molecular weight is 294 g/mol. The highest BCUT2D eigenvalue weighted by Gasteiger charge is 2.07. The monoisotopic (exact) mass is 293 g/mol. The van der Waals surface area contributed by atoms with Gasteiger partial charge in [0.25, 0.3) is 0 Å². The number of anilines is 1. The molecule has 1 heterocycles. The number of hydrogen-bond donors (Lipinski definition) is 1. The zero-order valence-corrected chi connectivity index (χ0v) is 12.6. The van der Waals surface area contributed by atoms with Gasteiger partial charge in [-0.25, -0.2) is 9.97 Å². The van der Waals surface area contributed by atoms with Gasteiger partial charge in [-0.15, -0.1) is 11.8 Å². The molecule has 0 unspecified atom stereocenters.